The molecule has 0 saturated heterocycles. The third-order valence-corrected chi connectivity index (χ3v) is 4.38. The van der Waals surface area contributed by atoms with Gasteiger partial charge in [-0.2, -0.15) is 0 Å². The molecule has 0 bridgehead atoms. The summed E-state index contributed by atoms with van der Waals surface area (Å²) in [4.78, 5) is 24.0. The highest BCUT2D eigenvalue weighted by Crippen LogP contribution is 2.26. The average Bonchev–Trinajstić information content (AvgIpc) is 2.59. The number of ether oxygens (including phenoxy) is 2. The SMILES string of the molecule is COc1ccc(C(=O)OCC(=O)Nc2ccc(C(C)(C)C)cc2)cc1Br. The van der Waals surface area contributed by atoms with Crippen LogP contribution in [0.3, 0.4) is 0 Å². The molecule has 0 spiro atoms. The highest BCUT2D eigenvalue weighted by molar-refractivity contribution is 9.10. The summed E-state index contributed by atoms with van der Waals surface area (Å²) in [5.74, 6) is -0.362. The Morgan fingerprint density at radius 2 is 1.73 bits per heavy atom. The molecule has 0 aliphatic rings. The van der Waals surface area contributed by atoms with Crippen LogP contribution in [0.25, 0.3) is 0 Å². The van der Waals surface area contributed by atoms with Gasteiger partial charge in [0.2, 0.25) is 0 Å². The van der Waals surface area contributed by atoms with Gasteiger partial charge < -0.3 is 14.8 Å². The molecule has 2 aromatic rings. The fourth-order valence-corrected chi connectivity index (χ4v) is 2.80. The summed E-state index contributed by atoms with van der Waals surface area (Å²) in [6.07, 6.45) is 0. The van der Waals surface area contributed by atoms with E-state index in [1.165, 1.54) is 12.7 Å². The minimum atomic E-state index is -0.577. The van der Waals surface area contributed by atoms with Crippen molar-refractivity contribution in [1.82, 2.24) is 0 Å². The van der Waals surface area contributed by atoms with Crippen LogP contribution < -0.4 is 10.1 Å². The molecule has 5 nitrogen and oxygen atoms in total. The summed E-state index contributed by atoms with van der Waals surface area (Å²) in [6, 6.07) is 12.4. The summed E-state index contributed by atoms with van der Waals surface area (Å²) in [7, 11) is 1.54. The van der Waals surface area contributed by atoms with E-state index in [2.05, 4.69) is 42.0 Å². The van der Waals surface area contributed by atoms with E-state index in [9.17, 15) is 9.59 Å². The lowest BCUT2D eigenvalue weighted by Gasteiger charge is -2.19. The van der Waals surface area contributed by atoms with E-state index in [0.29, 0.717) is 21.5 Å². The van der Waals surface area contributed by atoms with Crippen molar-refractivity contribution < 1.29 is 19.1 Å². The van der Waals surface area contributed by atoms with E-state index in [4.69, 9.17) is 9.47 Å². The van der Waals surface area contributed by atoms with Gasteiger partial charge in [0.05, 0.1) is 17.1 Å². The molecule has 0 radical (unpaired) electrons. The number of esters is 1. The lowest BCUT2D eigenvalue weighted by Crippen LogP contribution is -2.21. The number of halogens is 1. The Morgan fingerprint density at radius 1 is 1.08 bits per heavy atom. The fourth-order valence-electron chi connectivity index (χ4n) is 2.26. The molecule has 6 heteroatoms. The third kappa shape index (κ3) is 5.33. The van der Waals surface area contributed by atoms with Crippen molar-refractivity contribution in [3.05, 3.63) is 58.1 Å². The second-order valence-electron chi connectivity index (χ2n) is 6.80. The molecule has 0 fully saturated rings. The topological polar surface area (TPSA) is 64.6 Å². The molecule has 26 heavy (non-hydrogen) atoms. The summed E-state index contributed by atoms with van der Waals surface area (Å²) in [5.41, 5.74) is 2.21. The quantitative estimate of drug-likeness (QED) is 0.721. The number of nitrogens with one attached hydrogen (secondary N) is 1. The minimum Gasteiger partial charge on any atom is -0.496 e. The maximum absolute atomic E-state index is 12.0. The van der Waals surface area contributed by atoms with Gasteiger partial charge in [-0.05, 0) is 57.2 Å². The molecular weight excluding hydrogens is 398 g/mol. The third-order valence-electron chi connectivity index (χ3n) is 3.76. The molecular formula is C20H22BrNO4. The molecule has 1 amide bonds. The van der Waals surface area contributed by atoms with Gasteiger partial charge in [0.25, 0.3) is 5.91 Å². The second kappa shape index (κ2) is 8.36. The van der Waals surface area contributed by atoms with E-state index in [1.807, 2.05) is 24.3 Å². The first-order valence-corrected chi connectivity index (χ1v) is 8.91. The van der Waals surface area contributed by atoms with Crippen LogP contribution in [-0.2, 0) is 14.9 Å². The Balaban J connectivity index is 1.90. The van der Waals surface area contributed by atoms with Crippen molar-refractivity contribution >= 4 is 33.5 Å². The van der Waals surface area contributed by atoms with Crippen LogP contribution >= 0.6 is 15.9 Å². The van der Waals surface area contributed by atoms with E-state index in [-0.39, 0.29) is 12.0 Å². The van der Waals surface area contributed by atoms with Crippen molar-refractivity contribution in [2.75, 3.05) is 19.0 Å². The number of anilines is 1. The fraction of sp³-hybridized carbons (Fsp3) is 0.300. The Hall–Kier alpha value is -2.34. The van der Waals surface area contributed by atoms with Gasteiger partial charge in [0, 0.05) is 5.69 Å². The molecule has 2 rings (SSSR count). The monoisotopic (exact) mass is 419 g/mol. The van der Waals surface area contributed by atoms with Crippen LogP contribution in [0.1, 0.15) is 36.7 Å². The first kappa shape index (κ1) is 20.0. The summed E-state index contributed by atoms with van der Waals surface area (Å²) in [5, 5.41) is 2.71. The smallest absolute Gasteiger partial charge is 0.338 e. The number of rotatable bonds is 5. The number of carbonyl (C=O) groups excluding carboxylic acids is 2. The zero-order chi connectivity index (χ0) is 19.3. The molecule has 0 saturated carbocycles. The number of benzene rings is 2. The lowest BCUT2D eigenvalue weighted by atomic mass is 9.87. The number of methoxy groups -OCH3 is 1. The van der Waals surface area contributed by atoms with E-state index in [0.717, 1.165) is 0 Å². The van der Waals surface area contributed by atoms with Gasteiger partial charge in [-0.15, -0.1) is 0 Å². The molecule has 2 aromatic carbocycles. The number of hydrogen-bond donors (Lipinski definition) is 1. The Labute approximate surface area is 161 Å². The van der Waals surface area contributed by atoms with Crippen molar-refractivity contribution in [1.29, 1.82) is 0 Å². The van der Waals surface area contributed by atoms with Gasteiger partial charge in [-0.1, -0.05) is 32.9 Å². The maximum atomic E-state index is 12.0. The largest absolute Gasteiger partial charge is 0.496 e. The summed E-state index contributed by atoms with van der Waals surface area (Å²) in [6.45, 7) is 6.01. The van der Waals surface area contributed by atoms with Crippen molar-refractivity contribution in [3.63, 3.8) is 0 Å². The molecule has 0 aliphatic heterocycles. The highest BCUT2D eigenvalue weighted by Gasteiger charge is 2.14. The molecule has 0 heterocycles. The Kier molecular flexibility index (Phi) is 6.42. The molecule has 138 valence electrons. The van der Waals surface area contributed by atoms with Crippen molar-refractivity contribution in [2.24, 2.45) is 0 Å². The second-order valence-corrected chi connectivity index (χ2v) is 7.66. The summed E-state index contributed by atoms with van der Waals surface area (Å²) >= 11 is 3.31. The molecule has 0 atom stereocenters. The number of hydrogen-bond acceptors (Lipinski definition) is 4. The van der Waals surface area contributed by atoms with Gasteiger partial charge >= 0.3 is 5.97 Å². The van der Waals surface area contributed by atoms with Crippen LogP contribution in [0.2, 0.25) is 0 Å². The van der Waals surface area contributed by atoms with Crippen LogP contribution in [-0.4, -0.2) is 25.6 Å². The van der Waals surface area contributed by atoms with E-state index >= 15 is 0 Å². The minimum absolute atomic E-state index is 0.0463. The molecule has 0 aromatic heterocycles. The zero-order valence-corrected chi connectivity index (χ0v) is 16.8. The van der Waals surface area contributed by atoms with Crippen molar-refractivity contribution in [3.8, 4) is 5.75 Å². The van der Waals surface area contributed by atoms with Gasteiger partial charge in [0.1, 0.15) is 5.75 Å². The van der Waals surface area contributed by atoms with Crippen LogP contribution in [0.4, 0.5) is 5.69 Å². The standard InChI is InChI=1S/C20H22BrNO4/c1-20(2,3)14-6-8-15(9-7-14)22-18(23)12-26-19(24)13-5-10-17(25-4)16(21)11-13/h5-11H,12H2,1-4H3,(H,22,23). The zero-order valence-electron chi connectivity index (χ0n) is 15.3. The lowest BCUT2D eigenvalue weighted by molar-refractivity contribution is -0.119. The number of carbonyl (C=O) groups is 2. The van der Waals surface area contributed by atoms with E-state index in [1.54, 1.807) is 18.2 Å². The van der Waals surface area contributed by atoms with Gasteiger partial charge in [-0.3, -0.25) is 4.79 Å². The summed E-state index contributed by atoms with van der Waals surface area (Å²) < 4.78 is 10.8. The van der Waals surface area contributed by atoms with Gasteiger partial charge in [0.15, 0.2) is 6.61 Å². The maximum Gasteiger partial charge on any atom is 0.338 e. The van der Waals surface area contributed by atoms with Gasteiger partial charge in [-0.25, -0.2) is 4.79 Å². The Morgan fingerprint density at radius 3 is 2.27 bits per heavy atom. The Bertz CT molecular complexity index is 794. The highest BCUT2D eigenvalue weighted by atomic mass is 79.9. The van der Waals surface area contributed by atoms with E-state index < -0.39 is 11.9 Å². The van der Waals surface area contributed by atoms with Crippen molar-refractivity contribution in [2.45, 2.75) is 26.2 Å². The van der Waals surface area contributed by atoms with Crippen LogP contribution in [0.15, 0.2) is 46.9 Å². The first-order chi connectivity index (χ1) is 12.2. The van der Waals surface area contributed by atoms with Crippen LogP contribution in [0, 0.1) is 0 Å². The molecule has 0 aliphatic carbocycles. The first-order valence-electron chi connectivity index (χ1n) is 8.12. The predicted molar refractivity (Wildman–Crippen MR) is 105 cm³/mol. The number of amides is 1. The molecule has 0 unspecified atom stereocenters. The average molecular weight is 420 g/mol. The van der Waals surface area contributed by atoms with Crippen LogP contribution in [0.5, 0.6) is 5.75 Å². The normalized spacial score (nSPS) is 11.0. The molecule has 1 N–H and O–H groups in total. The predicted octanol–water partition coefficient (Wildman–Crippen LogP) is 4.55.